The first-order valence-corrected chi connectivity index (χ1v) is 6.67. The van der Waals surface area contributed by atoms with Gasteiger partial charge in [-0.15, -0.1) is 11.6 Å². The Labute approximate surface area is 113 Å². The van der Waals surface area contributed by atoms with Crippen LogP contribution in [0.2, 0.25) is 0 Å². The lowest BCUT2D eigenvalue weighted by molar-refractivity contribution is -0.120. The first-order valence-electron chi connectivity index (χ1n) is 6.23. The smallest absolute Gasteiger partial charge is 0.153 e. The van der Waals surface area contributed by atoms with E-state index in [1.54, 1.807) is 12.2 Å². The summed E-state index contributed by atoms with van der Waals surface area (Å²) < 4.78 is 0. The van der Waals surface area contributed by atoms with Crippen LogP contribution >= 0.6 is 11.6 Å². The molecule has 2 nitrogen and oxygen atoms in total. The first-order chi connectivity index (χ1) is 8.65. The molecule has 0 spiro atoms. The number of aliphatic hydroxyl groups is 1. The zero-order valence-electron chi connectivity index (χ0n) is 10.6. The predicted molar refractivity (Wildman–Crippen MR) is 75.7 cm³/mol. The molecule has 0 aliphatic heterocycles. The van der Waals surface area contributed by atoms with Gasteiger partial charge in [0.15, 0.2) is 5.78 Å². The van der Waals surface area contributed by atoms with Crippen LogP contribution in [0.1, 0.15) is 31.7 Å². The third-order valence-electron chi connectivity index (χ3n) is 2.67. The molecule has 0 aromatic heterocycles. The van der Waals surface area contributed by atoms with Crippen molar-refractivity contribution >= 4 is 23.5 Å². The fourth-order valence-corrected chi connectivity index (χ4v) is 1.74. The van der Waals surface area contributed by atoms with Crippen molar-refractivity contribution < 1.29 is 9.90 Å². The molecule has 0 radical (unpaired) electrons. The lowest BCUT2D eigenvalue weighted by Crippen LogP contribution is -2.27. The summed E-state index contributed by atoms with van der Waals surface area (Å²) in [4.78, 5) is 11.6. The topological polar surface area (TPSA) is 37.3 Å². The number of ketones is 1. The van der Waals surface area contributed by atoms with Crippen LogP contribution in [-0.4, -0.2) is 22.4 Å². The van der Waals surface area contributed by atoms with Gasteiger partial charge in [0.05, 0.1) is 6.10 Å². The van der Waals surface area contributed by atoms with Gasteiger partial charge in [-0.05, 0) is 12.0 Å². The number of hydrogen-bond donors (Lipinski definition) is 1. The molecule has 0 fully saturated rings. The van der Waals surface area contributed by atoms with E-state index in [1.807, 2.05) is 37.3 Å². The maximum atomic E-state index is 11.6. The number of Topliss-reactive ketones (excluding diaryl/α,β-unsaturated/α-hetero) is 1. The van der Waals surface area contributed by atoms with E-state index in [0.29, 0.717) is 6.42 Å². The summed E-state index contributed by atoms with van der Waals surface area (Å²) in [5, 5.41) is 8.96. The molecule has 1 aromatic carbocycles. The lowest BCUT2D eigenvalue weighted by Gasteiger charge is -2.12. The Kier molecular flexibility index (Phi) is 6.69. The lowest BCUT2D eigenvalue weighted by atomic mass is 10.1. The Hall–Kier alpha value is -1.12. The molecule has 0 amide bonds. The average molecular weight is 267 g/mol. The Bertz CT molecular complexity index is 387. The number of carbonyl (C=O) groups excluding carboxylic acids is 1. The Morgan fingerprint density at radius 1 is 1.39 bits per heavy atom. The molecule has 0 saturated heterocycles. The molecule has 1 N–H and O–H groups in total. The normalized spacial score (nSPS) is 14.6. The number of carbonyl (C=O) groups is 1. The summed E-state index contributed by atoms with van der Waals surface area (Å²) in [6, 6.07) is 9.59. The second-order valence-electron chi connectivity index (χ2n) is 4.23. The molecule has 2 atom stereocenters. The van der Waals surface area contributed by atoms with Crippen molar-refractivity contribution in [3.8, 4) is 0 Å². The van der Waals surface area contributed by atoms with Gasteiger partial charge in [-0.2, -0.15) is 0 Å². The fraction of sp³-hybridized carbons (Fsp3) is 0.400. The second-order valence-corrected chi connectivity index (χ2v) is 4.70. The Balaban J connectivity index is 2.51. The van der Waals surface area contributed by atoms with E-state index >= 15 is 0 Å². The minimum absolute atomic E-state index is 0.0938. The van der Waals surface area contributed by atoms with Gasteiger partial charge >= 0.3 is 0 Å². The molecule has 1 rings (SSSR count). The minimum atomic E-state index is -0.934. The number of hydrogen-bond acceptors (Lipinski definition) is 2. The Morgan fingerprint density at radius 3 is 2.67 bits per heavy atom. The van der Waals surface area contributed by atoms with Crippen LogP contribution in [0, 0.1) is 0 Å². The van der Waals surface area contributed by atoms with Crippen molar-refractivity contribution in [2.24, 2.45) is 0 Å². The largest absolute Gasteiger partial charge is 0.387 e. The summed E-state index contributed by atoms with van der Waals surface area (Å²) in [7, 11) is 0. The third kappa shape index (κ3) is 5.03. The molecule has 0 bridgehead atoms. The van der Waals surface area contributed by atoms with Gasteiger partial charge in [-0.25, -0.2) is 0 Å². The van der Waals surface area contributed by atoms with Gasteiger partial charge in [0.2, 0.25) is 0 Å². The van der Waals surface area contributed by atoms with Gasteiger partial charge in [0.1, 0.15) is 5.38 Å². The molecular formula is C15H19ClO2. The summed E-state index contributed by atoms with van der Waals surface area (Å²) in [6.07, 6.45) is 4.60. The van der Waals surface area contributed by atoms with E-state index in [2.05, 4.69) is 0 Å². The number of alkyl halides is 1. The summed E-state index contributed by atoms with van der Waals surface area (Å²) in [5.74, 6) is -0.0938. The van der Waals surface area contributed by atoms with Crippen LogP contribution in [0.3, 0.4) is 0 Å². The highest BCUT2D eigenvalue weighted by Crippen LogP contribution is 2.12. The maximum absolute atomic E-state index is 11.6. The molecule has 3 heteroatoms. The van der Waals surface area contributed by atoms with Crippen LogP contribution < -0.4 is 0 Å². The molecule has 18 heavy (non-hydrogen) atoms. The van der Waals surface area contributed by atoms with Gasteiger partial charge in [-0.1, -0.05) is 55.8 Å². The monoisotopic (exact) mass is 266 g/mol. The van der Waals surface area contributed by atoms with E-state index in [1.165, 1.54) is 0 Å². The van der Waals surface area contributed by atoms with Crippen LogP contribution in [0.4, 0.5) is 0 Å². The number of halogens is 1. The highest BCUT2D eigenvalue weighted by molar-refractivity contribution is 6.31. The van der Waals surface area contributed by atoms with Gasteiger partial charge < -0.3 is 5.11 Å². The van der Waals surface area contributed by atoms with Crippen molar-refractivity contribution in [3.63, 3.8) is 0 Å². The minimum Gasteiger partial charge on any atom is -0.387 e. The zero-order valence-corrected chi connectivity index (χ0v) is 11.3. The zero-order chi connectivity index (χ0) is 13.4. The SMILES string of the molecule is CCCCC(=O)C(Cl)C(O)/C=C/c1ccccc1. The number of benzene rings is 1. The molecule has 0 aliphatic rings. The molecule has 0 aliphatic carbocycles. The first kappa shape index (κ1) is 14.9. The van der Waals surface area contributed by atoms with E-state index < -0.39 is 11.5 Å². The van der Waals surface area contributed by atoms with Crippen LogP contribution in [0.5, 0.6) is 0 Å². The highest BCUT2D eigenvalue weighted by Gasteiger charge is 2.21. The van der Waals surface area contributed by atoms with Gasteiger partial charge in [0.25, 0.3) is 0 Å². The molecule has 0 saturated carbocycles. The number of aliphatic hydroxyl groups excluding tert-OH is 1. The van der Waals surface area contributed by atoms with Crippen molar-refractivity contribution in [2.75, 3.05) is 0 Å². The summed E-state index contributed by atoms with van der Waals surface area (Å²) in [5.41, 5.74) is 0.974. The Morgan fingerprint density at radius 2 is 2.06 bits per heavy atom. The van der Waals surface area contributed by atoms with Crippen molar-refractivity contribution in [3.05, 3.63) is 42.0 Å². The predicted octanol–water partition coefficient (Wildman–Crippen LogP) is 3.43. The number of unbranched alkanes of at least 4 members (excludes halogenated alkanes) is 1. The van der Waals surface area contributed by atoms with Gasteiger partial charge in [0, 0.05) is 6.42 Å². The van der Waals surface area contributed by atoms with E-state index in [4.69, 9.17) is 11.6 Å². The summed E-state index contributed by atoms with van der Waals surface area (Å²) >= 11 is 5.93. The van der Waals surface area contributed by atoms with Crippen molar-refractivity contribution in [1.82, 2.24) is 0 Å². The maximum Gasteiger partial charge on any atom is 0.153 e. The molecular weight excluding hydrogens is 248 g/mol. The van der Waals surface area contributed by atoms with E-state index in [-0.39, 0.29) is 5.78 Å². The summed E-state index contributed by atoms with van der Waals surface area (Å²) in [6.45, 7) is 2.02. The van der Waals surface area contributed by atoms with Crippen LogP contribution in [0.25, 0.3) is 6.08 Å². The van der Waals surface area contributed by atoms with Crippen molar-refractivity contribution in [2.45, 2.75) is 37.7 Å². The average Bonchev–Trinajstić information content (AvgIpc) is 2.42. The molecule has 0 heterocycles. The molecule has 1 aromatic rings. The molecule has 98 valence electrons. The van der Waals surface area contributed by atoms with Gasteiger partial charge in [-0.3, -0.25) is 4.79 Å². The van der Waals surface area contributed by atoms with Crippen molar-refractivity contribution in [1.29, 1.82) is 0 Å². The van der Waals surface area contributed by atoms with Crippen LogP contribution in [-0.2, 0) is 4.79 Å². The number of rotatable bonds is 7. The molecule has 2 unspecified atom stereocenters. The van der Waals surface area contributed by atoms with E-state index in [9.17, 15) is 9.90 Å². The standard InChI is InChI=1S/C15H19ClO2/c1-2-3-9-13(17)15(16)14(18)11-10-12-7-5-4-6-8-12/h4-8,10-11,14-15,18H,2-3,9H2,1H3/b11-10+. The highest BCUT2D eigenvalue weighted by atomic mass is 35.5. The quantitative estimate of drug-likeness (QED) is 0.768. The second kappa shape index (κ2) is 8.06. The third-order valence-corrected chi connectivity index (χ3v) is 3.17. The fourth-order valence-electron chi connectivity index (χ4n) is 1.55. The van der Waals surface area contributed by atoms with E-state index in [0.717, 1.165) is 18.4 Å². The van der Waals surface area contributed by atoms with Crippen LogP contribution in [0.15, 0.2) is 36.4 Å².